The molecule has 0 N–H and O–H groups in total. The van der Waals surface area contributed by atoms with Crippen LogP contribution in [0.5, 0.6) is 5.75 Å². The van der Waals surface area contributed by atoms with E-state index in [1.54, 1.807) is 6.20 Å². The average Bonchev–Trinajstić information content (AvgIpc) is 3.26. The van der Waals surface area contributed by atoms with Crippen LogP contribution in [-0.4, -0.2) is 28.9 Å². The molecule has 2 heterocycles. The number of fused-ring (bicyclic) bond motifs is 1. The van der Waals surface area contributed by atoms with Gasteiger partial charge in [0.2, 0.25) is 0 Å². The van der Waals surface area contributed by atoms with Crippen molar-refractivity contribution in [1.29, 1.82) is 0 Å². The van der Waals surface area contributed by atoms with Crippen LogP contribution >= 0.6 is 0 Å². The van der Waals surface area contributed by atoms with Crippen LogP contribution < -0.4 is 4.74 Å². The summed E-state index contributed by atoms with van der Waals surface area (Å²) in [5, 5.41) is 0. The minimum atomic E-state index is 0.106. The Bertz CT molecular complexity index is 695. The van der Waals surface area contributed by atoms with Crippen LogP contribution in [0.1, 0.15) is 28.9 Å². The molecule has 0 spiro atoms. The van der Waals surface area contributed by atoms with Gasteiger partial charge in [0, 0.05) is 18.2 Å². The highest BCUT2D eigenvalue weighted by Crippen LogP contribution is 2.47. The number of amides is 1. The predicted molar refractivity (Wildman–Crippen MR) is 82.6 cm³/mol. The molecule has 0 bridgehead atoms. The molecular formula is C18H18N2O2. The van der Waals surface area contributed by atoms with E-state index in [0.29, 0.717) is 13.2 Å². The number of benzene rings is 1. The second-order valence-electron chi connectivity index (χ2n) is 6.26. The van der Waals surface area contributed by atoms with Crippen molar-refractivity contribution in [2.24, 2.45) is 5.41 Å². The van der Waals surface area contributed by atoms with Crippen molar-refractivity contribution in [3.8, 4) is 5.75 Å². The third kappa shape index (κ3) is 2.45. The third-order valence-corrected chi connectivity index (χ3v) is 4.52. The van der Waals surface area contributed by atoms with E-state index >= 15 is 0 Å². The molecule has 0 radical (unpaired) electrons. The van der Waals surface area contributed by atoms with Crippen molar-refractivity contribution in [2.45, 2.75) is 19.4 Å². The molecule has 1 aliphatic heterocycles. The van der Waals surface area contributed by atoms with Crippen molar-refractivity contribution < 1.29 is 9.53 Å². The average molecular weight is 294 g/mol. The normalized spacial score (nSPS) is 18.2. The fourth-order valence-corrected chi connectivity index (χ4v) is 2.99. The second-order valence-corrected chi connectivity index (χ2v) is 6.26. The monoisotopic (exact) mass is 294 g/mol. The van der Waals surface area contributed by atoms with Gasteiger partial charge in [-0.2, -0.15) is 0 Å². The van der Waals surface area contributed by atoms with Crippen molar-refractivity contribution in [2.75, 3.05) is 13.2 Å². The number of hydrogen-bond donors (Lipinski definition) is 0. The van der Waals surface area contributed by atoms with Gasteiger partial charge in [-0.3, -0.25) is 9.78 Å². The quantitative estimate of drug-likeness (QED) is 0.851. The lowest BCUT2D eigenvalue weighted by Crippen LogP contribution is -2.33. The highest BCUT2D eigenvalue weighted by molar-refractivity contribution is 5.97. The van der Waals surface area contributed by atoms with Gasteiger partial charge < -0.3 is 9.64 Å². The van der Waals surface area contributed by atoms with E-state index in [2.05, 4.69) is 4.98 Å². The second kappa shape index (κ2) is 5.13. The molecule has 2 aromatic rings. The number of carbonyl (C=O) groups is 1. The summed E-state index contributed by atoms with van der Waals surface area (Å²) in [6, 6.07) is 13.6. The summed E-state index contributed by atoms with van der Waals surface area (Å²) < 4.78 is 5.90. The molecule has 4 heteroatoms. The van der Waals surface area contributed by atoms with Crippen LogP contribution in [0.3, 0.4) is 0 Å². The maximum atomic E-state index is 12.4. The number of aromatic nitrogens is 1. The van der Waals surface area contributed by atoms with Crippen LogP contribution in [0.15, 0.2) is 48.7 Å². The lowest BCUT2D eigenvalue weighted by Gasteiger charge is -2.23. The molecule has 112 valence electrons. The van der Waals surface area contributed by atoms with Gasteiger partial charge in [-0.25, -0.2) is 0 Å². The Morgan fingerprint density at radius 1 is 1.14 bits per heavy atom. The predicted octanol–water partition coefficient (Wildman–Crippen LogP) is 2.90. The minimum Gasteiger partial charge on any atom is -0.493 e. The highest BCUT2D eigenvalue weighted by atomic mass is 16.5. The van der Waals surface area contributed by atoms with Gasteiger partial charge in [0.05, 0.1) is 24.4 Å². The summed E-state index contributed by atoms with van der Waals surface area (Å²) in [6.07, 6.45) is 3.99. The van der Waals surface area contributed by atoms with Crippen molar-refractivity contribution in [1.82, 2.24) is 9.88 Å². The van der Waals surface area contributed by atoms with Gasteiger partial charge in [-0.1, -0.05) is 18.2 Å². The van der Waals surface area contributed by atoms with Crippen LogP contribution in [0, 0.1) is 5.41 Å². The van der Waals surface area contributed by atoms with Gasteiger partial charge in [0.25, 0.3) is 5.91 Å². The Kier molecular flexibility index (Phi) is 3.10. The molecule has 1 aromatic heterocycles. The summed E-state index contributed by atoms with van der Waals surface area (Å²) in [7, 11) is 0. The molecule has 22 heavy (non-hydrogen) atoms. The molecule has 0 unspecified atom stereocenters. The van der Waals surface area contributed by atoms with Crippen LogP contribution in [-0.2, 0) is 6.54 Å². The summed E-state index contributed by atoms with van der Waals surface area (Å²) >= 11 is 0. The van der Waals surface area contributed by atoms with E-state index in [1.165, 1.54) is 0 Å². The molecule has 1 aromatic carbocycles. The number of rotatable bonds is 5. The molecular weight excluding hydrogens is 276 g/mol. The fraction of sp³-hybridized carbons (Fsp3) is 0.333. The van der Waals surface area contributed by atoms with Crippen molar-refractivity contribution in [3.63, 3.8) is 0 Å². The summed E-state index contributed by atoms with van der Waals surface area (Å²) in [6.45, 7) is 2.06. The minimum absolute atomic E-state index is 0.106. The van der Waals surface area contributed by atoms with Gasteiger partial charge in [-0.05, 0) is 37.1 Å². The van der Waals surface area contributed by atoms with E-state index in [1.807, 2.05) is 47.4 Å². The standard InChI is InChI=1S/C18H18N2O2/c21-17-15-7-4-10-19-16(15)11-20(17)12-18(8-9-18)13-22-14-5-2-1-3-6-14/h1-7,10H,8-9,11-13H2. The maximum Gasteiger partial charge on any atom is 0.256 e. The number of hydrogen-bond acceptors (Lipinski definition) is 3. The molecule has 1 aliphatic carbocycles. The smallest absolute Gasteiger partial charge is 0.256 e. The Morgan fingerprint density at radius 2 is 1.95 bits per heavy atom. The van der Waals surface area contributed by atoms with Gasteiger partial charge in [0.15, 0.2) is 0 Å². The lowest BCUT2D eigenvalue weighted by molar-refractivity contribution is 0.0714. The topological polar surface area (TPSA) is 42.4 Å². The molecule has 1 saturated carbocycles. The number of carbonyl (C=O) groups excluding carboxylic acids is 1. The molecule has 0 atom stereocenters. The van der Waals surface area contributed by atoms with Crippen molar-refractivity contribution >= 4 is 5.91 Å². The summed E-state index contributed by atoms with van der Waals surface area (Å²) in [4.78, 5) is 18.6. The SMILES string of the molecule is O=C1c2cccnc2CN1CC1(COc2ccccc2)CC1. The van der Waals surface area contributed by atoms with Gasteiger partial charge >= 0.3 is 0 Å². The lowest BCUT2D eigenvalue weighted by atomic mass is 10.1. The Hall–Kier alpha value is -2.36. The van der Waals surface area contributed by atoms with Crippen molar-refractivity contribution in [3.05, 3.63) is 59.9 Å². The van der Waals surface area contributed by atoms with Gasteiger partial charge in [-0.15, -0.1) is 0 Å². The van der Waals surface area contributed by atoms with Crippen LogP contribution in [0.2, 0.25) is 0 Å². The van der Waals surface area contributed by atoms with E-state index in [0.717, 1.165) is 36.4 Å². The first-order chi connectivity index (χ1) is 10.8. The fourth-order valence-electron chi connectivity index (χ4n) is 2.99. The van der Waals surface area contributed by atoms with E-state index in [-0.39, 0.29) is 11.3 Å². The first kappa shape index (κ1) is 13.3. The molecule has 4 nitrogen and oxygen atoms in total. The van der Waals surface area contributed by atoms with E-state index in [9.17, 15) is 4.79 Å². The maximum absolute atomic E-state index is 12.4. The zero-order valence-corrected chi connectivity index (χ0v) is 12.4. The first-order valence-corrected chi connectivity index (χ1v) is 7.67. The number of ether oxygens (including phenoxy) is 1. The Labute approximate surface area is 129 Å². The summed E-state index contributed by atoms with van der Waals surface area (Å²) in [5.74, 6) is 1.00. The Morgan fingerprint density at radius 3 is 2.68 bits per heavy atom. The first-order valence-electron chi connectivity index (χ1n) is 7.67. The van der Waals surface area contributed by atoms with E-state index < -0.39 is 0 Å². The molecule has 2 aliphatic rings. The number of para-hydroxylation sites is 1. The number of pyridine rings is 1. The Balaban J connectivity index is 1.41. The van der Waals surface area contributed by atoms with Crippen LogP contribution in [0.25, 0.3) is 0 Å². The van der Waals surface area contributed by atoms with Crippen LogP contribution in [0.4, 0.5) is 0 Å². The van der Waals surface area contributed by atoms with E-state index in [4.69, 9.17) is 4.74 Å². The highest BCUT2D eigenvalue weighted by Gasteiger charge is 2.47. The number of nitrogens with zero attached hydrogens (tertiary/aromatic N) is 2. The summed E-state index contributed by atoms with van der Waals surface area (Å²) in [5.41, 5.74) is 1.77. The molecule has 1 fully saturated rings. The zero-order chi connectivity index (χ0) is 15.0. The third-order valence-electron chi connectivity index (χ3n) is 4.52. The molecule has 1 amide bonds. The molecule has 0 saturated heterocycles. The molecule has 4 rings (SSSR count). The largest absolute Gasteiger partial charge is 0.493 e. The van der Waals surface area contributed by atoms with Gasteiger partial charge in [0.1, 0.15) is 5.75 Å². The zero-order valence-electron chi connectivity index (χ0n) is 12.4.